The number of aliphatic hydroxyl groups is 2. The van der Waals surface area contributed by atoms with Gasteiger partial charge in [0.2, 0.25) is 0 Å². The Morgan fingerprint density at radius 2 is 1.70 bits per heavy atom. The molecule has 5 nitrogen and oxygen atoms in total. The van der Waals surface area contributed by atoms with Crippen molar-refractivity contribution < 1.29 is 24.5 Å². The molecule has 5 atom stereocenters. The van der Waals surface area contributed by atoms with Crippen molar-refractivity contribution in [3.05, 3.63) is 0 Å². The molecule has 2 N–H and O–H groups in total. The Labute approximate surface area is 139 Å². The third kappa shape index (κ3) is 5.88. The van der Waals surface area contributed by atoms with Crippen LogP contribution in [0.15, 0.2) is 0 Å². The van der Waals surface area contributed by atoms with Crippen LogP contribution in [0, 0.1) is 23.7 Å². The lowest BCUT2D eigenvalue weighted by Crippen LogP contribution is -2.21. The van der Waals surface area contributed by atoms with Crippen LogP contribution in [0.1, 0.15) is 59.3 Å². The van der Waals surface area contributed by atoms with E-state index in [0.29, 0.717) is 31.3 Å². The minimum absolute atomic E-state index is 0.151. The van der Waals surface area contributed by atoms with E-state index in [4.69, 9.17) is 9.84 Å². The van der Waals surface area contributed by atoms with Crippen LogP contribution < -0.4 is 0 Å². The lowest BCUT2D eigenvalue weighted by Gasteiger charge is -2.14. The molecule has 23 heavy (non-hydrogen) atoms. The molecule has 0 spiro atoms. The highest BCUT2D eigenvalue weighted by molar-refractivity contribution is 5.88. The highest BCUT2D eigenvalue weighted by Gasteiger charge is 2.37. The lowest BCUT2D eigenvalue weighted by atomic mass is 9.94. The molecule has 2 saturated carbocycles. The summed E-state index contributed by atoms with van der Waals surface area (Å²) in [6.45, 7) is 6.56. The molecule has 0 aliphatic heterocycles. The van der Waals surface area contributed by atoms with E-state index in [9.17, 15) is 14.7 Å². The van der Waals surface area contributed by atoms with Gasteiger partial charge in [-0.05, 0) is 37.5 Å². The van der Waals surface area contributed by atoms with Gasteiger partial charge in [-0.1, -0.05) is 26.7 Å². The van der Waals surface area contributed by atoms with E-state index in [1.807, 2.05) is 6.92 Å². The van der Waals surface area contributed by atoms with Crippen LogP contribution in [0.2, 0.25) is 0 Å². The Bertz CT molecular complexity index is 370. The van der Waals surface area contributed by atoms with Gasteiger partial charge in [0.05, 0.1) is 18.6 Å². The first-order chi connectivity index (χ1) is 11.0. The van der Waals surface area contributed by atoms with E-state index in [-0.39, 0.29) is 36.3 Å². The predicted octanol–water partition coefficient (Wildman–Crippen LogP) is 2.33. The molecule has 2 rings (SSSR count). The van der Waals surface area contributed by atoms with Crippen molar-refractivity contribution in [2.75, 3.05) is 13.2 Å². The van der Waals surface area contributed by atoms with Gasteiger partial charge in [0.15, 0.2) is 0 Å². The van der Waals surface area contributed by atoms with E-state index in [0.717, 1.165) is 25.7 Å². The molecular weight excluding hydrogens is 296 g/mol. The maximum Gasteiger partial charge on any atom is 0.309 e. The number of aliphatic hydroxyl groups excluding tert-OH is 2. The van der Waals surface area contributed by atoms with Gasteiger partial charge in [0.1, 0.15) is 5.78 Å². The van der Waals surface area contributed by atoms with Crippen molar-refractivity contribution in [3.63, 3.8) is 0 Å². The highest BCUT2D eigenvalue weighted by Crippen LogP contribution is 2.33. The molecule has 2 fully saturated rings. The number of esters is 1. The molecule has 0 aromatic rings. The van der Waals surface area contributed by atoms with E-state index in [1.54, 1.807) is 6.92 Å². The van der Waals surface area contributed by atoms with Crippen molar-refractivity contribution in [3.8, 4) is 0 Å². The first-order valence-electron chi connectivity index (χ1n) is 8.93. The number of hydrogen-bond donors (Lipinski definition) is 2. The van der Waals surface area contributed by atoms with Gasteiger partial charge in [-0.3, -0.25) is 9.59 Å². The summed E-state index contributed by atoms with van der Waals surface area (Å²) in [5, 5.41) is 18.1. The van der Waals surface area contributed by atoms with Crippen molar-refractivity contribution in [2.45, 2.75) is 65.4 Å². The number of Topliss-reactive ketones (excluding diaryl/α,β-unsaturated/α-hetero) is 1. The fraction of sp³-hybridized carbons (Fsp3) is 0.889. The Morgan fingerprint density at radius 3 is 2.17 bits per heavy atom. The molecule has 0 heterocycles. The zero-order valence-electron chi connectivity index (χ0n) is 14.7. The number of ether oxygens (including phenoxy) is 1. The van der Waals surface area contributed by atoms with Crippen LogP contribution in [-0.4, -0.2) is 41.3 Å². The molecule has 5 heteroatoms. The molecule has 134 valence electrons. The summed E-state index contributed by atoms with van der Waals surface area (Å²) in [5.74, 6) is 0.967. The monoisotopic (exact) mass is 328 g/mol. The summed E-state index contributed by atoms with van der Waals surface area (Å²) in [6, 6.07) is 0. The zero-order chi connectivity index (χ0) is 17.4. The topological polar surface area (TPSA) is 83.8 Å². The van der Waals surface area contributed by atoms with Crippen molar-refractivity contribution in [1.82, 2.24) is 0 Å². The molecule has 2 aliphatic carbocycles. The molecule has 0 amide bonds. The summed E-state index contributed by atoms with van der Waals surface area (Å²) >= 11 is 0. The third-order valence-electron chi connectivity index (χ3n) is 5.20. The third-order valence-corrected chi connectivity index (χ3v) is 5.20. The normalized spacial score (nSPS) is 33.3. The number of carbonyl (C=O) groups excluding carboxylic acids is 2. The molecule has 0 aromatic heterocycles. The fourth-order valence-corrected chi connectivity index (χ4v) is 3.79. The average molecular weight is 328 g/mol. The number of carbonyl (C=O) groups is 2. The number of rotatable bonds is 5. The maximum absolute atomic E-state index is 11.4. The van der Waals surface area contributed by atoms with Gasteiger partial charge in [0.25, 0.3) is 0 Å². The first kappa shape index (κ1) is 20.1. The average Bonchev–Trinajstić information content (AvgIpc) is 3.10. The van der Waals surface area contributed by atoms with Crippen LogP contribution in [0.4, 0.5) is 0 Å². The van der Waals surface area contributed by atoms with E-state index in [1.165, 1.54) is 0 Å². The Kier molecular flexibility index (Phi) is 8.77. The Balaban J connectivity index is 0.000000238. The summed E-state index contributed by atoms with van der Waals surface area (Å²) < 4.78 is 4.92. The largest absolute Gasteiger partial charge is 0.466 e. The van der Waals surface area contributed by atoms with E-state index < -0.39 is 0 Å². The molecule has 0 saturated heterocycles. The van der Waals surface area contributed by atoms with Crippen LogP contribution in [-0.2, 0) is 14.3 Å². The fourth-order valence-electron chi connectivity index (χ4n) is 3.79. The number of ketones is 1. The van der Waals surface area contributed by atoms with Crippen molar-refractivity contribution in [1.29, 1.82) is 0 Å². The van der Waals surface area contributed by atoms with Crippen LogP contribution >= 0.6 is 0 Å². The van der Waals surface area contributed by atoms with E-state index in [2.05, 4.69) is 6.92 Å². The molecule has 0 aromatic carbocycles. The van der Waals surface area contributed by atoms with Gasteiger partial charge in [0, 0.05) is 19.4 Å². The predicted molar refractivity (Wildman–Crippen MR) is 87.7 cm³/mol. The SMILES string of the molecule is CCOC(=O)[C@H]1CC(=O)C[C@H]1CC.CC[C@@H]1CC(O)C[C@@H]1CO. The second-order valence-corrected chi connectivity index (χ2v) is 6.71. The zero-order valence-corrected chi connectivity index (χ0v) is 14.7. The summed E-state index contributed by atoms with van der Waals surface area (Å²) in [4.78, 5) is 22.5. The molecule has 0 bridgehead atoms. The Hall–Kier alpha value is -0.940. The highest BCUT2D eigenvalue weighted by atomic mass is 16.5. The summed E-state index contributed by atoms with van der Waals surface area (Å²) in [6.07, 6.45) is 4.45. The molecule has 1 unspecified atom stereocenters. The standard InChI is InChI=1S/C10H16O3.C8H16O2/c1-3-7-5-8(11)6-9(7)10(12)13-4-2;1-2-6-3-8(10)4-7(6)5-9/h7,9H,3-6H2,1-2H3;6-10H,2-5H2,1H3/t7-,9+;6-,7-,8?/m11/s1. The second-order valence-electron chi connectivity index (χ2n) is 6.71. The van der Waals surface area contributed by atoms with Crippen LogP contribution in [0.3, 0.4) is 0 Å². The molecular formula is C18H32O5. The number of hydrogen-bond acceptors (Lipinski definition) is 5. The van der Waals surface area contributed by atoms with Crippen LogP contribution in [0.5, 0.6) is 0 Å². The lowest BCUT2D eigenvalue weighted by molar-refractivity contribution is -0.149. The van der Waals surface area contributed by atoms with Gasteiger partial charge in [-0.25, -0.2) is 0 Å². The molecule has 0 radical (unpaired) electrons. The summed E-state index contributed by atoms with van der Waals surface area (Å²) in [5.41, 5.74) is 0. The summed E-state index contributed by atoms with van der Waals surface area (Å²) in [7, 11) is 0. The van der Waals surface area contributed by atoms with Gasteiger partial charge >= 0.3 is 5.97 Å². The maximum atomic E-state index is 11.4. The quantitative estimate of drug-likeness (QED) is 0.757. The van der Waals surface area contributed by atoms with Crippen molar-refractivity contribution in [2.24, 2.45) is 23.7 Å². The molecule has 2 aliphatic rings. The van der Waals surface area contributed by atoms with Crippen LogP contribution in [0.25, 0.3) is 0 Å². The minimum atomic E-state index is -0.194. The Morgan fingerprint density at radius 1 is 1.09 bits per heavy atom. The van der Waals surface area contributed by atoms with Crippen molar-refractivity contribution >= 4 is 11.8 Å². The smallest absolute Gasteiger partial charge is 0.309 e. The first-order valence-corrected chi connectivity index (χ1v) is 8.93. The van der Waals surface area contributed by atoms with Gasteiger partial charge in [-0.2, -0.15) is 0 Å². The van der Waals surface area contributed by atoms with Gasteiger partial charge < -0.3 is 14.9 Å². The van der Waals surface area contributed by atoms with Gasteiger partial charge in [-0.15, -0.1) is 0 Å². The minimum Gasteiger partial charge on any atom is -0.466 e. The van der Waals surface area contributed by atoms with E-state index >= 15 is 0 Å². The second kappa shape index (κ2) is 10.0.